The van der Waals surface area contributed by atoms with Crippen LogP contribution in [0.3, 0.4) is 0 Å². The second-order valence-corrected chi connectivity index (χ2v) is 12.1. The predicted octanol–water partition coefficient (Wildman–Crippen LogP) is 4.68. The molecule has 44 heavy (non-hydrogen) atoms. The van der Waals surface area contributed by atoms with Gasteiger partial charge in [-0.2, -0.15) is 15.2 Å². The normalized spacial score (nSPS) is 22.2. The summed E-state index contributed by atoms with van der Waals surface area (Å²) < 4.78 is 34.0. The van der Waals surface area contributed by atoms with Crippen LogP contribution in [0.2, 0.25) is 5.02 Å². The number of likely N-dealkylation sites (N-methyl/N-ethyl adjacent to an activating group) is 1. The van der Waals surface area contributed by atoms with Gasteiger partial charge in [0, 0.05) is 55.4 Å². The van der Waals surface area contributed by atoms with E-state index in [1.54, 1.807) is 0 Å². The first kappa shape index (κ1) is 30.0. The van der Waals surface area contributed by atoms with Crippen molar-refractivity contribution in [2.45, 2.75) is 44.1 Å². The van der Waals surface area contributed by atoms with Crippen molar-refractivity contribution in [3.05, 3.63) is 65.1 Å². The largest absolute Gasteiger partial charge is 0.462 e. The van der Waals surface area contributed by atoms with Gasteiger partial charge in [-0.3, -0.25) is 9.69 Å². The molecule has 3 aliphatic rings. The van der Waals surface area contributed by atoms with Gasteiger partial charge in [0.25, 0.3) is 5.91 Å². The van der Waals surface area contributed by atoms with Gasteiger partial charge in [0.1, 0.15) is 18.6 Å². The van der Waals surface area contributed by atoms with Crippen LogP contribution in [0.15, 0.2) is 48.8 Å². The number of alkyl halides is 1. The maximum absolute atomic E-state index is 14.0. The molecule has 0 radical (unpaired) electrons. The number of hydrogen-bond acceptors (Lipinski definition) is 8. The van der Waals surface area contributed by atoms with Gasteiger partial charge in [0.15, 0.2) is 5.83 Å². The lowest BCUT2D eigenvalue weighted by Gasteiger charge is -2.42. The molecule has 2 fully saturated rings. The smallest absolute Gasteiger partial charge is 0.318 e. The molecule has 12 heteroatoms. The Morgan fingerprint density at radius 3 is 2.66 bits per heavy atom. The van der Waals surface area contributed by atoms with Gasteiger partial charge in [-0.25, -0.2) is 8.78 Å². The molecular weight excluding hydrogens is 588 g/mol. The van der Waals surface area contributed by atoms with Crippen LogP contribution in [0.5, 0.6) is 6.01 Å². The van der Waals surface area contributed by atoms with Crippen molar-refractivity contribution in [2.75, 3.05) is 56.2 Å². The summed E-state index contributed by atoms with van der Waals surface area (Å²) in [7, 11) is 1.88. The number of amides is 1. The fourth-order valence-corrected chi connectivity index (χ4v) is 6.87. The Balaban J connectivity index is 1.34. The van der Waals surface area contributed by atoms with Crippen molar-refractivity contribution in [3.8, 4) is 12.1 Å². The summed E-state index contributed by atoms with van der Waals surface area (Å²) >= 11 is 6.66. The number of anilines is 2. The zero-order valence-electron chi connectivity index (χ0n) is 24.6. The maximum atomic E-state index is 14.0. The van der Waals surface area contributed by atoms with Gasteiger partial charge in [0.2, 0.25) is 0 Å². The Morgan fingerprint density at radius 1 is 1.14 bits per heavy atom. The number of likely N-dealkylation sites (tertiary alicyclic amines) is 1. The average molecular weight is 622 g/mol. The number of piperazine rings is 1. The summed E-state index contributed by atoms with van der Waals surface area (Å²) in [4.78, 5) is 29.8. The molecule has 0 spiro atoms. The Morgan fingerprint density at radius 2 is 1.93 bits per heavy atom. The van der Waals surface area contributed by atoms with E-state index in [4.69, 9.17) is 26.3 Å². The fourth-order valence-electron chi connectivity index (χ4n) is 6.59. The summed E-state index contributed by atoms with van der Waals surface area (Å²) in [6.07, 6.45) is 0.172. The Bertz CT molecular complexity index is 1630. The second-order valence-electron chi connectivity index (χ2n) is 11.6. The molecule has 0 aliphatic carbocycles. The molecule has 3 atom stereocenters. The minimum Gasteiger partial charge on any atom is -0.462 e. The molecule has 1 amide bonds. The van der Waals surface area contributed by atoms with E-state index in [1.807, 2.05) is 47.2 Å². The lowest BCUT2D eigenvalue weighted by molar-refractivity contribution is -0.131. The summed E-state index contributed by atoms with van der Waals surface area (Å²) in [5, 5.41) is 12.2. The predicted molar refractivity (Wildman–Crippen MR) is 165 cm³/mol. The highest BCUT2D eigenvalue weighted by molar-refractivity contribution is 6.36. The summed E-state index contributed by atoms with van der Waals surface area (Å²) in [5.74, 6) is -1.16. The topological polar surface area (TPSA) is 88.8 Å². The van der Waals surface area contributed by atoms with Crippen molar-refractivity contribution < 1.29 is 18.3 Å². The quantitative estimate of drug-likeness (QED) is 0.352. The van der Waals surface area contributed by atoms with Gasteiger partial charge >= 0.3 is 6.01 Å². The van der Waals surface area contributed by atoms with Crippen LogP contribution < -0.4 is 14.5 Å². The lowest BCUT2D eigenvalue weighted by Crippen LogP contribution is -2.55. The molecule has 3 aliphatic heterocycles. The number of carbonyl (C=O) groups is 1. The number of carbonyl (C=O) groups excluding carboxylic acids is 1. The molecule has 3 aromatic rings. The first-order chi connectivity index (χ1) is 21.2. The number of halogens is 3. The van der Waals surface area contributed by atoms with Crippen molar-refractivity contribution in [3.63, 3.8) is 0 Å². The van der Waals surface area contributed by atoms with Crippen molar-refractivity contribution in [2.24, 2.45) is 0 Å². The minimum absolute atomic E-state index is 0.0418. The van der Waals surface area contributed by atoms with Crippen LogP contribution in [-0.4, -0.2) is 90.3 Å². The van der Waals surface area contributed by atoms with Gasteiger partial charge in [-0.1, -0.05) is 42.4 Å². The first-order valence-electron chi connectivity index (χ1n) is 14.8. The molecule has 0 saturated carbocycles. The number of rotatable bonds is 7. The van der Waals surface area contributed by atoms with E-state index in [2.05, 4.69) is 23.6 Å². The third-order valence-electron chi connectivity index (χ3n) is 8.84. The highest BCUT2D eigenvalue weighted by atomic mass is 35.5. The molecule has 6 rings (SSSR count). The van der Waals surface area contributed by atoms with Crippen LogP contribution in [0.1, 0.15) is 24.1 Å². The van der Waals surface area contributed by atoms with E-state index in [-0.39, 0.29) is 31.6 Å². The molecule has 0 N–H and O–H groups in total. The van der Waals surface area contributed by atoms with Crippen LogP contribution >= 0.6 is 11.6 Å². The van der Waals surface area contributed by atoms with E-state index < -0.39 is 23.9 Å². The number of nitriles is 1. The highest BCUT2D eigenvalue weighted by Gasteiger charge is 2.35. The summed E-state index contributed by atoms with van der Waals surface area (Å²) in [6.45, 7) is 5.86. The third-order valence-corrected chi connectivity index (χ3v) is 9.15. The highest BCUT2D eigenvalue weighted by Crippen LogP contribution is 2.37. The monoisotopic (exact) mass is 621 g/mol. The summed E-state index contributed by atoms with van der Waals surface area (Å²) in [5.41, 5.74) is 2.78. The SMILES string of the molecule is C=C(F)C(=O)N1CCN(c2nc(OC[C@@H]3C[C@@H](F)CN3C)nc3c2CCN(c2cccc4cccc(Cl)c24)C3)C[C@@H]1CC#N. The van der Waals surface area contributed by atoms with E-state index in [9.17, 15) is 18.8 Å². The fraction of sp³-hybridized carbons (Fsp3) is 0.438. The minimum atomic E-state index is -1.04. The van der Waals surface area contributed by atoms with Gasteiger partial charge < -0.3 is 19.4 Å². The van der Waals surface area contributed by atoms with Crippen molar-refractivity contribution in [1.82, 2.24) is 19.8 Å². The number of benzene rings is 2. The van der Waals surface area contributed by atoms with Crippen LogP contribution in [0.25, 0.3) is 10.8 Å². The standard InChI is InChI=1S/C32H34ClF2N7O2/c1-20(34)31(43)42-14-13-41(17-23(42)9-11-36)30-25-10-12-40(28-8-4-6-21-5-3-7-26(33)29(21)28)18-27(25)37-32(38-30)44-19-24-15-22(35)16-39(24)2/h3-8,22-24H,1,9-10,12-19H2,2H3/t22-,23+,24+/m1/s1. The van der Waals surface area contributed by atoms with E-state index in [1.165, 1.54) is 4.90 Å². The van der Waals surface area contributed by atoms with Crippen LogP contribution in [-0.2, 0) is 17.8 Å². The zero-order chi connectivity index (χ0) is 31.0. The molecule has 2 saturated heterocycles. The number of nitrogens with zero attached hydrogens (tertiary/aromatic N) is 7. The Kier molecular flexibility index (Phi) is 8.56. The maximum Gasteiger partial charge on any atom is 0.318 e. The first-order valence-corrected chi connectivity index (χ1v) is 15.2. The Labute approximate surface area is 260 Å². The summed E-state index contributed by atoms with van der Waals surface area (Å²) in [6, 6.07) is 13.7. The molecular formula is C32H34ClF2N7O2. The van der Waals surface area contributed by atoms with Crippen molar-refractivity contribution >= 4 is 39.8 Å². The molecule has 0 bridgehead atoms. The third kappa shape index (κ3) is 5.88. The molecule has 0 unspecified atom stereocenters. The van der Waals surface area contributed by atoms with E-state index in [0.717, 1.165) is 27.7 Å². The number of fused-ring (bicyclic) bond motifs is 2. The molecule has 4 heterocycles. The van der Waals surface area contributed by atoms with E-state index in [0.29, 0.717) is 56.4 Å². The zero-order valence-corrected chi connectivity index (χ0v) is 25.3. The van der Waals surface area contributed by atoms with Crippen LogP contribution in [0.4, 0.5) is 20.3 Å². The van der Waals surface area contributed by atoms with E-state index >= 15 is 0 Å². The second kappa shape index (κ2) is 12.5. The number of hydrogen-bond donors (Lipinski definition) is 0. The Hall–Kier alpha value is -4.01. The van der Waals surface area contributed by atoms with Gasteiger partial charge in [-0.15, -0.1) is 0 Å². The van der Waals surface area contributed by atoms with Gasteiger partial charge in [0.05, 0.1) is 35.8 Å². The van der Waals surface area contributed by atoms with Crippen molar-refractivity contribution in [1.29, 1.82) is 5.26 Å². The van der Waals surface area contributed by atoms with Crippen LogP contribution in [0, 0.1) is 11.3 Å². The molecule has 9 nitrogen and oxygen atoms in total. The lowest BCUT2D eigenvalue weighted by atomic mass is 10.0. The molecule has 230 valence electrons. The number of aromatic nitrogens is 2. The molecule has 2 aromatic carbocycles. The average Bonchev–Trinajstić information content (AvgIpc) is 3.35. The molecule has 1 aromatic heterocycles. The van der Waals surface area contributed by atoms with Gasteiger partial charge in [-0.05, 0) is 37.4 Å². The number of ether oxygens (including phenoxy) is 1.